The molecule has 0 aliphatic carbocycles. The van der Waals surface area contributed by atoms with Gasteiger partial charge in [-0.2, -0.15) is 0 Å². The van der Waals surface area contributed by atoms with Crippen LogP contribution in [0.4, 0.5) is 11.4 Å². The Kier molecular flexibility index (Phi) is 6.24. The molecule has 0 aliphatic heterocycles. The zero-order chi connectivity index (χ0) is 21.9. The van der Waals surface area contributed by atoms with Crippen LogP contribution in [0.2, 0.25) is 5.02 Å². The summed E-state index contributed by atoms with van der Waals surface area (Å²) in [6, 6.07) is 18.7. The largest absolute Gasteiger partial charge is 0.322 e. The van der Waals surface area contributed by atoms with Crippen LogP contribution < -0.4 is 9.62 Å². The molecule has 3 aromatic rings. The summed E-state index contributed by atoms with van der Waals surface area (Å²) in [6.07, 6.45) is 0. The Morgan fingerprint density at radius 3 is 2.27 bits per heavy atom. The SMILES string of the molecule is CC(=O)c1cccc(NC(=O)c2cccc(S(=O)(=O)N(C)c3cccc(Cl)c3)c2)c1. The Morgan fingerprint density at radius 1 is 0.900 bits per heavy atom. The fourth-order valence-electron chi connectivity index (χ4n) is 2.79. The van der Waals surface area contributed by atoms with Crippen LogP contribution >= 0.6 is 11.6 Å². The Morgan fingerprint density at radius 2 is 1.57 bits per heavy atom. The molecule has 0 unspecified atom stereocenters. The van der Waals surface area contributed by atoms with Crippen molar-refractivity contribution in [2.45, 2.75) is 11.8 Å². The van der Waals surface area contributed by atoms with Gasteiger partial charge in [-0.15, -0.1) is 0 Å². The van der Waals surface area contributed by atoms with Crippen molar-refractivity contribution in [2.24, 2.45) is 0 Å². The van der Waals surface area contributed by atoms with Crippen molar-refractivity contribution in [3.8, 4) is 0 Å². The predicted molar refractivity (Wildman–Crippen MR) is 118 cm³/mol. The number of nitrogens with one attached hydrogen (secondary N) is 1. The molecule has 0 aliphatic rings. The normalized spacial score (nSPS) is 11.0. The highest BCUT2D eigenvalue weighted by atomic mass is 35.5. The molecule has 0 heterocycles. The number of anilines is 2. The standard InChI is InChI=1S/C22H19ClN2O4S/c1-15(26)16-6-3-9-19(12-16)24-22(27)17-7-4-11-21(13-17)30(28,29)25(2)20-10-5-8-18(23)14-20/h3-14H,1-2H3,(H,24,27). The molecule has 0 atom stereocenters. The maximum Gasteiger partial charge on any atom is 0.264 e. The van der Waals surface area contributed by atoms with Crippen LogP contribution in [-0.2, 0) is 10.0 Å². The van der Waals surface area contributed by atoms with Crippen LogP contribution in [0, 0.1) is 0 Å². The molecule has 30 heavy (non-hydrogen) atoms. The lowest BCUT2D eigenvalue weighted by atomic mass is 10.1. The first-order chi connectivity index (χ1) is 14.2. The monoisotopic (exact) mass is 442 g/mol. The van der Waals surface area contributed by atoms with E-state index in [9.17, 15) is 18.0 Å². The maximum absolute atomic E-state index is 13.0. The van der Waals surface area contributed by atoms with Crippen LogP contribution in [0.25, 0.3) is 0 Å². The smallest absolute Gasteiger partial charge is 0.264 e. The summed E-state index contributed by atoms with van der Waals surface area (Å²) >= 11 is 5.96. The van der Waals surface area contributed by atoms with Gasteiger partial charge in [-0.25, -0.2) is 8.42 Å². The fraction of sp³-hybridized carbons (Fsp3) is 0.0909. The second-order valence-corrected chi connectivity index (χ2v) is 8.98. The van der Waals surface area contributed by atoms with Crippen molar-refractivity contribution in [1.29, 1.82) is 0 Å². The van der Waals surface area contributed by atoms with E-state index < -0.39 is 15.9 Å². The number of benzene rings is 3. The Labute approximate surface area is 180 Å². The second kappa shape index (κ2) is 8.69. The number of nitrogens with zero attached hydrogens (tertiary/aromatic N) is 1. The van der Waals surface area contributed by atoms with Crippen molar-refractivity contribution in [3.05, 3.63) is 88.9 Å². The molecule has 154 valence electrons. The van der Waals surface area contributed by atoms with E-state index >= 15 is 0 Å². The summed E-state index contributed by atoms with van der Waals surface area (Å²) in [5.41, 5.74) is 1.48. The molecule has 3 rings (SSSR count). The molecule has 3 aromatic carbocycles. The highest BCUT2D eigenvalue weighted by molar-refractivity contribution is 7.92. The van der Waals surface area contributed by atoms with Crippen molar-refractivity contribution in [2.75, 3.05) is 16.7 Å². The summed E-state index contributed by atoms with van der Waals surface area (Å²) in [6.45, 7) is 1.44. The van der Waals surface area contributed by atoms with Gasteiger partial charge in [-0.1, -0.05) is 35.9 Å². The topological polar surface area (TPSA) is 83.5 Å². The first-order valence-electron chi connectivity index (χ1n) is 8.95. The summed E-state index contributed by atoms with van der Waals surface area (Å²) in [5.74, 6) is -0.610. The van der Waals surface area contributed by atoms with Gasteiger partial charge in [-0.05, 0) is 55.5 Å². The average Bonchev–Trinajstić information content (AvgIpc) is 2.73. The van der Waals surface area contributed by atoms with Gasteiger partial charge in [0.05, 0.1) is 10.6 Å². The van der Waals surface area contributed by atoms with Gasteiger partial charge >= 0.3 is 0 Å². The Balaban J connectivity index is 1.87. The molecular formula is C22H19ClN2O4S. The van der Waals surface area contributed by atoms with Gasteiger partial charge in [-0.3, -0.25) is 13.9 Å². The van der Waals surface area contributed by atoms with Crippen LogP contribution in [0.5, 0.6) is 0 Å². The Hall–Kier alpha value is -3.16. The molecule has 0 radical (unpaired) electrons. The number of carbonyl (C=O) groups is 2. The zero-order valence-electron chi connectivity index (χ0n) is 16.3. The fourth-order valence-corrected chi connectivity index (χ4v) is 4.20. The number of rotatable bonds is 6. The molecule has 6 nitrogen and oxygen atoms in total. The van der Waals surface area contributed by atoms with Crippen molar-refractivity contribution in [3.63, 3.8) is 0 Å². The number of hydrogen-bond acceptors (Lipinski definition) is 4. The minimum absolute atomic E-state index is 0.0323. The van der Waals surface area contributed by atoms with E-state index in [1.165, 1.54) is 44.3 Å². The minimum atomic E-state index is -3.91. The van der Waals surface area contributed by atoms with Gasteiger partial charge in [0.1, 0.15) is 0 Å². The zero-order valence-corrected chi connectivity index (χ0v) is 17.9. The third-order valence-electron chi connectivity index (χ3n) is 4.45. The van der Waals surface area contributed by atoms with Gasteiger partial charge in [0.15, 0.2) is 5.78 Å². The molecule has 0 fully saturated rings. The number of Topliss-reactive ketones (excluding diaryl/α,β-unsaturated/α-hetero) is 1. The summed E-state index contributed by atoms with van der Waals surface area (Å²) in [7, 11) is -2.49. The van der Waals surface area contributed by atoms with E-state index in [-0.39, 0.29) is 16.2 Å². The van der Waals surface area contributed by atoms with Crippen molar-refractivity contribution in [1.82, 2.24) is 0 Å². The number of hydrogen-bond donors (Lipinski definition) is 1. The van der Waals surface area contributed by atoms with E-state index in [1.807, 2.05) is 0 Å². The van der Waals surface area contributed by atoms with Gasteiger partial charge in [0.2, 0.25) is 0 Å². The molecule has 0 saturated carbocycles. The molecule has 0 aromatic heterocycles. The number of sulfonamides is 1. The molecule has 0 bridgehead atoms. The van der Waals surface area contributed by atoms with E-state index in [2.05, 4.69) is 5.32 Å². The molecular weight excluding hydrogens is 424 g/mol. The average molecular weight is 443 g/mol. The molecule has 1 N–H and O–H groups in total. The Bertz CT molecular complexity index is 1230. The predicted octanol–water partition coefficient (Wildman–Crippen LogP) is 4.62. The number of halogens is 1. The van der Waals surface area contributed by atoms with Gasteiger partial charge in [0.25, 0.3) is 15.9 Å². The molecule has 8 heteroatoms. The molecule has 0 spiro atoms. The summed E-state index contributed by atoms with van der Waals surface area (Å²) in [5, 5.41) is 3.10. The first-order valence-corrected chi connectivity index (χ1v) is 10.8. The van der Waals surface area contributed by atoms with E-state index in [0.29, 0.717) is 22.0 Å². The van der Waals surface area contributed by atoms with Crippen LogP contribution in [0.3, 0.4) is 0 Å². The quantitative estimate of drug-likeness (QED) is 0.564. The van der Waals surface area contributed by atoms with Crippen molar-refractivity contribution >= 4 is 44.7 Å². The van der Waals surface area contributed by atoms with E-state index in [0.717, 1.165) is 4.31 Å². The van der Waals surface area contributed by atoms with E-state index in [1.54, 1.807) is 42.5 Å². The summed E-state index contributed by atoms with van der Waals surface area (Å²) < 4.78 is 27.1. The third-order valence-corrected chi connectivity index (χ3v) is 6.47. The van der Waals surface area contributed by atoms with Crippen LogP contribution in [0.1, 0.15) is 27.6 Å². The highest BCUT2D eigenvalue weighted by Crippen LogP contribution is 2.25. The lowest BCUT2D eigenvalue weighted by Gasteiger charge is -2.20. The van der Waals surface area contributed by atoms with E-state index in [4.69, 9.17) is 11.6 Å². The third kappa shape index (κ3) is 4.69. The maximum atomic E-state index is 13.0. The van der Waals surface area contributed by atoms with Crippen LogP contribution in [0.15, 0.2) is 77.7 Å². The lowest BCUT2D eigenvalue weighted by Crippen LogP contribution is -2.26. The van der Waals surface area contributed by atoms with Crippen molar-refractivity contribution < 1.29 is 18.0 Å². The van der Waals surface area contributed by atoms with Crippen LogP contribution in [-0.4, -0.2) is 27.2 Å². The number of amides is 1. The van der Waals surface area contributed by atoms with Gasteiger partial charge < -0.3 is 5.32 Å². The summed E-state index contributed by atoms with van der Waals surface area (Å²) in [4.78, 5) is 24.1. The second-order valence-electron chi connectivity index (χ2n) is 6.57. The molecule has 0 saturated heterocycles. The highest BCUT2D eigenvalue weighted by Gasteiger charge is 2.22. The lowest BCUT2D eigenvalue weighted by molar-refractivity contribution is 0.101. The first kappa shape index (κ1) is 21.5. The minimum Gasteiger partial charge on any atom is -0.322 e. The molecule has 1 amide bonds. The van der Waals surface area contributed by atoms with Gasteiger partial charge in [0, 0.05) is 28.9 Å². The number of carbonyl (C=O) groups excluding carboxylic acids is 2. The number of ketones is 1.